The maximum absolute atomic E-state index is 4.53. The minimum atomic E-state index is 0.995. The summed E-state index contributed by atoms with van der Waals surface area (Å²) >= 11 is 3.46. The van der Waals surface area contributed by atoms with Crippen molar-refractivity contribution in [2.24, 2.45) is 0 Å². The normalized spacial score (nSPS) is 10.6. The van der Waals surface area contributed by atoms with E-state index in [4.69, 9.17) is 0 Å². The van der Waals surface area contributed by atoms with Crippen molar-refractivity contribution in [2.45, 2.75) is 27.7 Å². The summed E-state index contributed by atoms with van der Waals surface area (Å²) in [5.74, 6) is 0.995. The monoisotopic (exact) mass is 318 g/mol. The number of anilines is 2. The van der Waals surface area contributed by atoms with Gasteiger partial charge in [-0.2, -0.15) is 0 Å². The molecule has 3 heteroatoms. The van der Waals surface area contributed by atoms with E-state index >= 15 is 0 Å². The fraction of sp³-hybridized carbons (Fsp3) is 0.312. The van der Waals surface area contributed by atoms with Gasteiger partial charge in [-0.05, 0) is 78.0 Å². The molecular weight excluding hydrogens is 300 g/mol. The number of aromatic nitrogens is 1. The lowest BCUT2D eigenvalue weighted by atomic mass is 10.0. The highest BCUT2D eigenvalue weighted by atomic mass is 79.9. The van der Waals surface area contributed by atoms with Gasteiger partial charge in [-0.25, -0.2) is 4.98 Å². The molecule has 0 atom stereocenters. The van der Waals surface area contributed by atoms with Crippen LogP contribution in [-0.2, 0) is 0 Å². The number of aryl methyl sites for hydroxylation is 4. The van der Waals surface area contributed by atoms with Crippen LogP contribution in [0.25, 0.3) is 0 Å². The molecular formula is C16H19BrN2. The number of benzene rings is 1. The van der Waals surface area contributed by atoms with E-state index in [0.29, 0.717) is 0 Å². The van der Waals surface area contributed by atoms with Gasteiger partial charge in [0.1, 0.15) is 5.82 Å². The van der Waals surface area contributed by atoms with Crippen LogP contribution >= 0.6 is 15.9 Å². The van der Waals surface area contributed by atoms with Gasteiger partial charge in [0.05, 0.1) is 0 Å². The second kappa shape index (κ2) is 5.33. The Morgan fingerprint density at radius 2 is 1.53 bits per heavy atom. The minimum absolute atomic E-state index is 0.995. The molecule has 0 unspecified atom stereocenters. The quantitative estimate of drug-likeness (QED) is 0.787. The van der Waals surface area contributed by atoms with Crippen molar-refractivity contribution in [1.82, 2.24) is 4.98 Å². The molecule has 2 rings (SSSR count). The van der Waals surface area contributed by atoms with E-state index in [1.165, 1.54) is 22.4 Å². The van der Waals surface area contributed by atoms with Gasteiger partial charge in [0.25, 0.3) is 0 Å². The summed E-state index contributed by atoms with van der Waals surface area (Å²) in [7, 11) is 2.07. The van der Waals surface area contributed by atoms with Gasteiger partial charge in [0.15, 0.2) is 0 Å². The Bertz CT molecular complexity index is 620. The Balaban J connectivity index is 2.49. The van der Waals surface area contributed by atoms with Gasteiger partial charge in [-0.15, -0.1) is 0 Å². The molecule has 0 amide bonds. The number of pyridine rings is 1. The summed E-state index contributed by atoms with van der Waals surface area (Å²) in [5.41, 5.74) is 6.28. The smallest absolute Gasteiger partial charge is 0.135 e. The second-order valence-electron chi connectivity index (χ2n) is 5.08. The van der Waals surface area contributed by atoms with Crippen molar-refractivity contribution >= 4 is 27.4 Å². The first-order valence-electron chi connectivity index (χ1n) is 6.34. The summed E-state index contributed by atoms with van der Waals surface area (Å²) in [6.45, 7) is 8.52. The van der Waals surface area contributed by atoms with Crippen LogP contribution in [0.5, 0.6) is 0 Å². The van der Waals surface area contributed by atoms with E-state index in [9.17, 15) is 0 Å². The number of nitrogens with zero attached hydrogens (tertiary/aromatic N) is 2. The highest BCUT2D eigenvalue weighted by Crippen LogP contribution is 2.30. The molecule has 0 fully saturated rings. The highest BCUT2D eigenvalue weighted by molar-refractivity contribution is 9.10. The van der Waals surface area contributed by atoms with Crippen molar-refractivity contribution in [2.75, 3.05) is 11.9 Å². The molecule has 100 valence electrons. The van der Waals surface area contributed by atoms with Crippen LogP contribution in [0, 0.1) is 27.7 Å². The van der Waals surface area contributed by atoms with E-state index in [2.05, 4.69) is 78.8 Å². The van der Waals surface area contributed by atoms with Crippen molar-refractivity contribution < 1.29 is 0 Å². The SMILES string of the molecule is Cc1cc(C)c(N(C)c2ncc(Br)cc2C)cc1C. The van der Waals surface area contributed by atoms with Crippen LogP contribution in [0.1, 0.15) is 22.3 Å². The molecule has 0 saturated heterocycles. The number of rotatable bonds is 2. The average molecular weight is 319 g/mol. The van der Waals surface area contributed by atoms with Crippen molar-refractivity contribution in [3.8, 4) is 0 Å². The van der Waals surface area contributed by atoms with E-state index in [1.807, 2.05) is 6.20 Å². The number of halogens is 1. The topological polar surface area (TPSA) is 16.1 Å². The van der Waals surface area contributed by atoms with E-state index in [1.54, 1.807) is 0 Å². The number of hydrogen-bond acceptors (Lipinski definition) is 2. The highest BCUT2D eigenvalue weighted by Gasteiger charge is 2.12. The molecule has 0 N–H and O–H groups in total. The molecule has 0 aliphatic rings. The van der Waals surface area contributed by atoms with Gasteiger partial charge in [0, 0.05) is 23.4 Å². The Labute approximate surface area is 123 Å². The Hall–Kier alpha value is -1.35. The zero-order chi connectivity index (χ0) is 14.2. The minimum Gasteiger partial charge on any atom is -0.329 e. The van der Waals surface area contributed by atoms with Gasteiger partial charge in [0.2, 0.25) is 0 Å². The summed E-state index contributed by atoms with van der Waals surface area (Å²) in [6, 6.07) is 6.55. The van der Waals surface area contributed by atoms with Gasteiger partial charge in [-0.3, -0.25) is 0 Å². The average Bonchev–Trinajstić information content (AvgIpc) is 2.33. The third-order valence-electron chi connectivity index (χ3n) is 3.51. The molecule has 0 radical (unpaired) electrons. The molecule has 1 aromatic heterocycles. The van der Waals surface area contributed by atoms with E-state index in [0.717, 1.165) is 15.9 Å². The zero-order valence-electron chi connectivity index (χ0n) is 12.1. The molecule has 0 aliphatic heterocycles. The molecule has 1 heterocycles. The Morgan fingerprint density at radius 3 is 2.16 bits per heavy atom. The van der Waals surface area contributed by atoms with Crippen molar-refractivity contribution in [3.05, 3.63) is 51.1 Å². The first-order chi connectivity index (χ1) is 8.90. The third kappa shape index (κ3) is 2.81. The number of hydrogen-bond donors (Lipinski definition) is 0. The molecule has 1 aromatic carbocycles. The van der Waals surface area contributed by atoms with Crippen LogP contribution < -0.4 is 4.90 Å². The summed E-state index contributed by atoms with van der Waals surface area (Å²) in [4.78, 5) is 6.68. The zero-order valence-corrected chi connectivity index (χ0v) is 13.7. The fourth-order valence-electron chi connectivity index (χ4n) is 2.31. The standard InChI is InChI=1S/C16H19BrN2/c1-10-6-12(3)15(8-11(10)2)19(5)16-13(4)7-14(17)9-18-16/h6-9H,1-5H3. The van der Waals surface area contributed by atoms with Crippen LogP contribution in [0.15, 0.2) is 28.9 Å². The third-order valence-corrected chi connectivity index (χ3v) is 3.94. The molecule has 19 heavy (non-hydrogen) atoms. The second-order valence-corrected chi connectivity index (χ2v) is 5.99. The molecule has 0 aliphatic carbocycles. The van der Waals surface area contributed by atoms with Crippen LogP contribution in [0.4, 0.5) is 11.5 Å². The molecule has 0 bridgehead atoms. The maximum Gasteiger partial charge on any atom is 0.135 e. The first-order valence-corrected chi connectivity index (χ1v) is 7.13. The Morgan fingerprint density at radius 1 is 0.895 bits per heavy atom. The lowest BCUT2D eigenvalue weighted by Crippen LogP contribution is -2.14. The van der Waals surface area contributed by atoms with Crippen molar-refractivity contribution in [3.63, 3.8) is 0 Å². The molecule has 2 aromatic rings. The van der Waals surface area contributed by atoms with Gasteiger partial charge in [-0.1, -0.05) is 6.07 Å². The first kappa shape index (κ1) is 14.1. The Kier molecular flexibility index (Phi) is 3.95. The largest absolute Gasteiger partial charge is 0.329 e. The lowest BCUT2D eigenvalue weighted by Gasteiger charge is -2.23. The van der Waals surface area contributed by atoms with Gasteiger partial charge < -0.3 is 4.90 Å². The molecule has 2 nitrogen and oxygen atoms in total. The van der Waals surface area contributed by atoms with E-state index in [-0.39, 0.29) is 0 Å². The van der Waals surface area contributed by atoms with Crippen LogP contribution in [0.2, 0.25) is 0 Å². The molecule has 0 saturated carbocycles. The predicted octanol–water partition coefficient (Wildman–Crippen LogP) is 4.85. The summed E-state index contributed by atoms with van der Waals surface area (Å²) in [6.07, 6.45) is 1.84. The van der Waals surface area contributed by atoms with E-state index < -0.39 is 0 Å². The molecule has 0 spiro atoms. The fourth-order valence-corrected chi connectivity index (χ4v) is 2.75. The van der Waals surface area contributed by atoms with Crippen molar-refractivity contribution in [1.29, 1.82) is 0 Å². The maximum atomic E-state index is 4.53. The summed E-state index contributed by atoms with van der Waals surface area (Å²) in [5, 5.41) is 0. The van der Waals surface area contributed by atoms with Gasteiger partial charge >= 0.3 is 0 Å². The lowest BCUT2D eigenvalue weighted by molar-refractivity contribution is 1.08. The van der Waals surface area contributed by atoms with Crippen LogP contribution in [0.3, 0.4) is 0 Å². The summed E-state index contributed by atoms with van der Waals surface area (Å²) < 4.78 is 1.01. The predicted molar refractivity (Wildman–Crippen MR) is 85.4 cm³/mol. The van der Waals surface area contributed by atoms with Crippen LogP contribution in [-0.4, -0.2) is 12.0 Å².